The normalized spacial score (nSPS) is 25.1. The van der Waals surface area contributed by atoms with Crippen LogP contribution in [0.25, 0.3) is 0 Å². The molecule has 5 nitrogen and oxygen atoms in total. The van der Waals surface area contributed by atoms with Crippen LogP contribution in [0, 0.1) is 5.92 Å². The lowest BCUT2D eigenvalue weighted by atomic mass is 9.76. The van der Waals surface area contributed by atoms with Crippen molar-refractivity contribution < 1.29 is 19.4 Å². The molecule has 114 valence electrons. The van der Waals surface area contributed by atoms with Crippen LogP contribution < -0.4 is 10.1 Å². The summed E-state index contributed by atoms with van der Waals surface area (Å²) in [5, 5.41) is 12.3. The van der Waals surface area contributed by atoms with Crippen LogP contribution in [0.4, 0.5) is 0 Å². The summed E-state index contributed by atoms with van der Waals surface area (Å²) in [7, 11) is 1.55. The lowest BCUT2D eigenvalue weighted by molar-refractivity contribution is -0.146. The molecule has 5 heteroatoms. The van der Waals surface area contributed by atoms with Crippen molar-refractivity contribution in [2.24, 2.45) is 5.92 Å². The van der Waals surface area contributed by atoms with E-state index < -0.39 is 11.5 Å². The Morgan fingerprint density at radius 1 is 1.33 bits per heavy atom. The number of aliphatic carboxylic acids is 1. The second-order valence-electron chi connectivity index (χ2n) is 5.77. The van der Waals surface area contributed by atoms with Crippen molar-refractivity contribution in [1.29, 1.82) is 0 Å². The zero-order chi connectivity index (χ0) is 15.5. The van der Waals surface area contributed by atoms with Gasteiger partial charge < -0.3 is 15.2 Å². The fourth-order valence-corrected chi connectivity index (χ4v) is 2.94. The van der Waals surface area contributed by atoms with Crippen molar-refractivity contribution in [1.82, 2.24) is 5.32 Å². The van der Waals surface area contributed by atoms with Crippen molar-refractivity contribution in [3.05, 3.63) is 29.8 Å². The molecule has 1 fully saturated rings. The zero-order valence-corrected chi connectivity index (χ0v) is 12.4. The number of carboxylic acid groups (broad SMARTS) is 1. The molecule has 0 radical (unpaired) electrons. The molecule has 21 heavy (non-hydrogen) atoms. The minimum Gasteiger partial charge on any atom is -0.497 e. The molecular weight excluding hydrogens is 270 g/mol. The summed E-state index contributed by atoms with van der Waals surface area (Å²) >= 11 is 0. The number of hydrogen-bond acceptors (Lipinski definition) is 3. The summed E-state index contributed by atoms with van der Waals surface area (Å²) in [5.74, 6) is -0.345. The average Bonchev–Trinajstić information content (AvgIpc) is 2.47. The number of ether oxygens (including phenoxy) is 1. The molecule has 1 saturated carbocycles. The van der Waals surface area contributed by atoms with Crippen molar-refractivity contribution >= 4 is 11.9 Å². The largest absolute Gasteiger partial charge is 0.497 e. The predicted octanol–water partition coefficient (Wildman–Crippen LogP) is 2.46. The van der Waals surface area contributed by atoms with Crippen LogP contribution >= 0.6 is 0 Å². The minimum atomic E-state index is -1.14. The van der Waals surface area contributed by atoms with E-state index in [0.29, 0.717) is 30.1 Å². The Kier molecular flexibility index (Phi) is 4.50. The first-order valence-corrected chi connectivity index (χ1v) is 7.17. The molecule has 1 aliphatic carbocycles. The molecule has 1 aromatic carbocycles. The zero-order valence-electron chi connectivity index (χ0n) is 12.4. The lowest BCUT2D eigenvalue weighted by Gasteiger charge is -2.37. The van der Waals surface area contributed by atoms with E-state index in [9.17, 15) is 14.7 Å². The lowest BCUT2D eigenvalue weighted by Crippen LogP contribution is -2.56. The molecule has 1 amide bonds. The predicted molar refractivity (Wildman–Crippen MR) is 78.5 cm³/mol. The molecule has 0 aliphatic heterocycles. The smallest absolute Gasteiger partial charge is 0.329 e. The van der Waals surface area contributed by atoms with E-state index in [1.54, 1.807) is 31.4 Å². The van der Waals surface area contributed by atoms with Gasteiger partial charge in [-0.2, -0.15) is 0 Å². The number of carbonyl (C=O) groups is 2. The quantitative estimate of drug-likeness (QED) is 0.893. The van der Waals surface area contributed by atoms with Crippen LogP contribution in [0.2, 0.25) is 0 Å². The number of amides is 1. The van der Waals surface area contributed by atoms with Gasteiger partial charge in [0.05, 0.1) is 7.11 Å². The Labute approximate surface area is 124 Å². The molecule has 0 heterocycles. The maximum absolute atomic E-state index is 12.3. The van der Waals surface area contributed by atoms with Gasteiger partial charge in [-0.3, -0.25) is 4.79 Å². The molecule has 0 aromatic heterocycles. The number of carbonyl (C=O) groups excluding carboxylic acids is 1. The molecule has 2 rings (SSSR count). The highest BCUT2D eigenvalue weighted by Gasteiger charge is 2.43. The third-order valence-corrected chi connectivity index (χ3v) is 4.11. The summed E-state index contributed by atoms with van der Waals surface area (Å²) in [6, 6.07) is 6.64. The monoisotopic (exact) mass is 291 g/mol. The molecule has 2 unspecified atom stereocenters. The third kappa shape index (κ3) is 3.35. The van der Waals surface area contributed by atoms with Gasteiger partial charge in [0, 0.05) is 5.56 Å². The van der Waals surface area contributed by atoms with Gasteiger partial charge in [-0.05, 0) is 43.0 Å². The molecule has 0 bridgehead atoms. The van der Waals surface area contributed by atoms with E-state index in [1.165, 1.54) is 0 Å². The van der Waals surface area contributed by atoms with E-state index >= 15 is 0 Å². The SMILES string of the molecule is COc1ccc(C(=O)NC2(C(=O)O)CCCC(C)C2)cc1. The molecule has 1 aromatic rings. The highest BCUT2D eigenvalue weighted by atomic mass is 16.5. The van der Waals surface area contributed by atoms with Crippen molar-refractivity contribution in [2.45, 2.75) is 38.1 Å². The number of rotatable bonds is 4. The number of nitrogens with one attached hydrogen (secondary N) is 1. The van der Waals surface area contributed by atoms with Gasteiger partial charge in [0.25, 0.3) is 5.91 Å². The summed E-state index contributed by atoms with van der Waals surface area (Å²) < 4.78 is 5.05. The fourth-order valence-electron chi connectivity index (χ4n) is 2.94. The Balaban J connectivity index is 2.16. The van der Waals surface area contributed by atoms with Gasteiger partial charge >= 0.3 is 5.97 Å². The van der Waals surface area contributed by atoms with Crippen LogP contribution in [0.1, 0.15) is 43.0 Å². The van der Waals surface area contributed by atoms with E-state index in [2.05, 4.69) is 5.32 Å². The molecular formula is C16H21NO4. The minimum absolute atomic E-state index is 0.297. The van der Waals surface area contributed by atoms with Gasteiger partial charge in [0.2, 0.25) is 0 Å². The van der Waals surface area contributed by atoms with Gasteiger partial charge in [-0.25, -0.2) is 4.79 Å². The Morgan fingerprint density at radius 3 is 2.52 bits per heavy atom. The van der Waals surface area contributed by atoms with Gasteiger partial charge in [-0.1, -0.05) is 19.8 Å². The highest BCUT2D eigenvalue weighted by molar-refractivity contribution is 5.98. The van der Waals surface area contributed by atoms with Gasteiger partial charge in [0.15, 0.2) is 0 Å². The second-order valence-corrected chi connectivity index (χ2v) is 5.77. The van der Waals surface area contributed by atoms with Crippen LogP contribution in [-0.4, -0.2) is 29.6 Å². The molecule has 0 saturated heterocycles. The number of methoxy groups -OCH3 is 1. The summed E-state index contributed by atoms with van der Waals surface area (Å²) in [6.07, 6.45) is 2.78. The maximum Gasteiger partial charge on any atom is 0.329 e. The van der Waals surface area contributed by atoms with E-state index in [1.807, 2.05) is 6.92 Å². The first-order chi connectivity index (χ1) is 9.97. The number of carboxylic acids is 1. The van der Waals surface area contributed by atoms with E-state index in [0.717, 1.165) is 12.8 Å². The Morgan fingerprint density at radius 2 is 2.00 bits per heavy atom. The van der Waals surface area contributed by atoms with Gasteiger partial charge in [0.1, 0.15) is 11.3 Å². The Hall–Kier alpha value is -2.04. The van der Waals surface area contributed by atoms with E-state index in [-0.39, 0.29) is 5.91 Å². The summed E-state index contributed by atoms with van der Waals surface area (Å²) in [6.45, 7) is 2.02. The van der Waals surface area contributed by atoms with Crippen LogP contribution in [0.5, 0.6) is 5.75 Å². The van der Waals surface area contributed by atoms with E-state index in [4.69, 9.17) is 4.74 Å². The second kappa shape index (κ2) is 6.16. The highest BCUT2D eigenvalue weighted by Crippen LogP contribution is 2.32. The molecule has 1 aliphatic rings. The summed E-state index contributed by atoms with van der Waals surface area (Å²) in [4.78, 5) is 24.0. The fraction of sp³-hybridized carbons (Fsp3) is 0.500. The standard InChI is InChI=1S/C16H21NO4/c1-11-4-3-9-16(10-11,15(19)20)17-14(18)12-5-7-13(21-2)8-6-12/h5-8,11H,3-4,9-10H2,1-2H3,(H,17,18)(H,19,20). The maximum atomic E-state index is 12.3. The molecule has 2 N–H and O–H groups in total. The molecule has 0 spiro atoms. The summed E-state index contributed by atoms with van der Waals surface area (Å²) in [5.41, 5.74) is -0.705. The van der Waals surface area contributed by atoms with Crippen LogP contribution in [0.3, 0.4) is 0 Å². The third-order valence-electron chi connectivity index (χ3n) is 4.11. The van der Waals surface area contributed by atoms with Crippen LogP contribution in [0.15, 0.2) is 24.3 Å². The Bertz CT molecular complexity index is 526. The van der Waals surface area contributed by atoms with Crippen molar-refractivity contribution in [3.63, 3.8) is 0 Å². The van der Waals surface area contributed by atoms with Crippen LogP contribution in [-0.2, 0) is 4.79 Å². The first kappa shape index (κ1) is 15.4. The average molecular weight is 291 g/mol. The number of benzene rings is 1. The number of hydrogen-bond donors (Lipinski definition) is 2. The molecule has 2 atom stereocenters. The van der Waals surface area contributed by atoms with Crippen molar-refractivity contribution in [2.75, 3.05) is 7.11 Å². The van der Waals surface area contributed by atoms with Gasteiger partial charge in [-0.15, -0.1) is 0 Å². The van der Waals surface area contributed by atoms with Crippen molar-refractivity contribution in [3.8, 4) is 5.75 Å². The first-order valence-electron chi connectivity index (χ1n) is 7.17. The topological polar surface area (TPSA) is 75.6 Å².